The molecular formula is C16H35N3. The number of hydrogen-bond acceptors (Lipinski definition) is 3. The fourth-order valence-electron chi connectivity index (χ4n) is 2.78. The molecular weight excluding hydrogens is 234 g/mol. The number of piperazine rings is 1. The molecule has 1 N–H and O–H groups in total. The lowest BCUT2D eigenvalue weighted by Crippen LogP contribution is -2.56. The molecule has 3 heteroatoms. The van der Waals surface area contributed by atoms with Gasteiger partial charge in [0.25, 0.3) is 0 Å². The van der Waals surface area contributed by atoms with Gasteiger partial charge in [-0.05, 0) is 53.6 Å². The van der Waals surface area contributed by atoms with Gasteiger partial charge in [0.05, 0.1) is 0 Å². The Morgan fingerprint density at radius 2 is 1.84 bits per heavy atom. The van der Waals surface area contributed by atoms with Gasteiger partial charge in [0.15, 0.2) is 0 Å². The average molecular weight is 269 g/mol. The van der Waals surface area contributed by atoms with E-state index in [1.54, 1.807) is 0 Å². The van der Waals surface area contributed by atoms with Crippen molar-refractivity contribution in [2.45, 2.75) is 65.6 Å². The van der Waals surface area contributed by atoms with Crippen molar-refractivity contribution in [3.63, 3.8) is 0 Å². The molecule has 3 unspecified atom stereocenters. The predicted molar refractivity (Wildman–Crippen MR) is 84.7 cm³/mol. The third kappa shape index (κ3) is 5.41. The molecule has 1 saturated heterocycles. The zero-order chi connectivity index (χ0) is 14.6. The van der Waals surface area contributed by atoms with E-state index in [2.05, 4.69) is 63.7 Å². The summed E-state index contributed by atoms with van der Waals surface area (Å²) < 4.78 is 0. The van der Waals surface area contributed by atoms with Crippen LogP contribution in [0.15, 0.2) is 0 Å². The van der Waals surface area contributed by atoms with E-state index in [4.69, 9.17) is 0 Å². The minimum absolute atomic E-state index is 0.224. The van der Waals surface area contributed by atoms with Crippen LogP contribution in [0.3, 0.4) is 0 Å². The molecule has 114 valence electrons. The summed E-state index contributed by atoms with van der Waals surface area (Å²) in [5.74, 6) is 0.695. The van der Waals surface area contributed by atoms with Crippen LogP contribution in [0.5, 0.6) is 0 Å². The molecule has 19 heavy (non-hydrogen) atoms. The van der Waals surface area contributed by atoms with Crippen molar-refractivity contribution < 1.29 is 0 Å². The van der Waals surface area contributed by atoms with E-state index >= 15 is 0 Å². The largest absolute Gasteiger partial charge is 0.312 e. The molecule has 0 aromatic rings. The second kappa shape index (κ2) is 7.05. The molecule has 3 atom stereocenters. The van der Waals surface area contributed by atoms with Crippen LogP contribution in [0.25, 0.3) is 0 Å². The number of hydrogen-bond donors (Lipinski definition) is 1. The molecule has 3 nitrogen and oxygen atoms in total. The minimum atomic E-state index is 0.224. The van der Waals surface area contributed by atoms with Gasteiger partial charge in [-0.25, -0.2) is 0 Å². The first-order chi connectivity index (χ1) is 8.74. The Balaban J connectivity index is 2.45. The van der Waals surface area contributed by atoms with Gasteiger partial charge in [-0.15, -0.1) is 0 Å². The highest BCUT2D eigenvalue weighted by molar-refractivity contribution is 4.85. The first-order valence-electron chi connectivity index (χ1n) is 7.94. The summed E-state index contributed by atoms with van der Waals surface area (Å²) in [6.07, 6.45) is 1.26. The Morgan fingerprint density at radius 1 is 1.21 bits per heavy atom. The van der Waals surface area contributed by atoms with E-state index in [1.165, 1.54) is 26.1 Å². The molecule has 1 fully saturated rings. The van der Waals surface area contributed by atoms with Gasteiger partial charge < -0.3 is 10.2 Å². The van der Waals surface area contributed by atoms with Crippen molar-refractivity contribution in [3.8, 4) is 0 Å². The molecule has 1 aliphatic rings. The molecule has 0 spiro atoms. The van der Waals surface area contributed by atoms with E-state index in [1.807, 2.05) is 0 Å². The molecule has 0 saturated carbocycles. The molecule has 0 aliphatic carbocycles. The molecule has 0 bridgehead atoms. The smallest absolute Gasteiger partial charge is 0.0218 e. The van der Waals surface area contributed by atoms with E-state index in [0.29, 0.717) is 12.0 Å². The first-order valence-corrected chi connectivity index (χ1v) is 7.94. The maximum absolute atomic E-state index is 3.64. The van der Waals surface area contributed by atoms with Crippen molar-refractivity contribution in [1.82, 2.24) is 15.1 Å². The van der Waals surface area contributed by atoms with Crippen LogP contribution in [0.1, 0.15) is 48.0 Å². The Bertz CT molecular complexity index is 259. The molecule has 0 amide bonds. The average Bonchev–Trinajstić information content (AvgIpc) is 2.34. The van der Waals surface area contributed by atoms with Crippen molar-refractivity contribution in [2.24, 2.45) is 5.92 Å². The third-order valence-corrected chi connectivity index (χ3v) is 4.63. The van der Waals surface area contributed by atoms with Crippen LogP contribution in [0.2, 0.25) is 0 Å². The molecule has 1 heterocycles. The fourth-order valence-corrected chi connectivity index (χ4v) is 2.78. The van der Waals surface area contributed by atoms with Crippen molar-refractivity contribution in [2.75, 3.05) is 33.2 Å². The monoisotopic (exact) mass is 269 g/mol. The van der Waals surface area contributed by atoms with E-state index in [0.717, 1.165) is 12.6 Å². The lowest BCUT2D eigenvalue weighted by Gasteiger charge is -2.43. The van der Waals surface area contributed by atoms with E-state index in [9.17, 15) is 0 Å². The minimum Gasteiger partial charge on any atom is -0.312 e. The Labute approximate surface area is 120 Å². The second-order valence-corrected chi connectivity index (χ2v) is 7.39. The Hall–Kier alpha value is -0.120. The van der Waals surface area contributed by atoms with Crippen LogP contribution in [0.4, 0.5) is 0 Å². The SMILES string of the molecule is CCC1CN(C(C)C(C)CNC(C)(C)C)CCN1C. The molecule has 0 radical (unpaired) electrons. The van der Waals surface area contributed by atoms with Gasteiger partial charge in [-0.2, -0.15) is 0 Å². The highest BCUT2D eigenvalue weighted by atomic mass is 15.3. The first kappa shape index (κ1) is 16.9. The maximum Gasteiger partial charge on any atom is 0.0218 e. The van der Waals surface area contributed by atoms with E-state index < -0.39 is 0 Å². The quantitative estimate of drug-likeness (QED) is 0.827. The summed E-state index contributed by atoms with van der Waals surface area (Å²) >= 11 is 0. The lowest BCUT2D eigenvalue weighted by molar-refractivity contribution is 0.0495. The standard InChI is InChI=1S/C16H35N3/c1-8-15-12-19(10-9-18(15)7)14(3)13(2)11-17-16(4,5)6/h13-15,17H,8-12H2,1-7H3. The highest BCUT2D eigenvalue weighted by Crippen LogP contribution is 2.18. The number of nitrogens with one attached hydrogen (secondary N) is 1. The van der Waals surface area contributed by atoms with Crippen LogP contribution < -0.4 is 5.32 Å². The summed E-state index contributed by atoms with van der Waals surface area (Å²) in [5.41, 5.74) is 0.224. The lowest BCUT2D eigenvalue weighted by atomic mass is 9.98. The zero-order valence-corrected chi connectivity index (χ0v) is 14.2. The van der Waals surface area contributed by atoms with E-state index in [-0.39, 0.29) is 5.54 Å². The van der Waals surface area contributed by atoms with Gasteiger partial charge >= 0.3 is 0 Å². The summed E-state index contributed by atoms with van der Waals surface area (Å²) in [4.78, 5) is 5.20. The van der Waals surface area contributed by atoms with Crippen LogP contribution in [0, 0.1) is 5.92 Å². The number of nitrogens with zero attached hydrogens (tertiary/aromatic N) is 2. The Kier molecular flexibility index (Phi) is 6.28. The fraction of sp³-hybridized carbons (Fsp3) is 1.00. The normalized spacial score (nSPS) is 26.4. The summed E-state index contributed by atoms with van der Waals surface area (Å²) in [7, 11) is 2.26. The van der Waals surface area contributed by atoms with Crippen molar-refractivity contribution in [3.05, 3.63) is 0 Å². The summed E-state index contributed by atoms with van der Waals surface area (Å²) in [6.45, 7) is 18.6. The summed E-state index contributed by atoms with van der Waals surface area (Å²) in [5, 5.41) is 3.64. The molecule has 0 aromatic heterocycles. The maximum atomic E-state index is 3.64. The third-order valence-electron chi connectivity index (χ3n) is 4.63. The van der Waals surface area contributed by atoms with Gasteiger partial charge in [0.2, 0.25) is 0 Å². The van der Waals surface area contributed by atoms with Crippen molar-refractivity contribution >= 4 is 0 Å². The van der Waals surface area contributed by atoms with Gasteiger partial charge in [0, 0.05) is 37.3 Å². The predicted octanol–water partition coefficient (Wildman–Crippen LogP) is 2.43. The van der Waals surface area contributed by atoms with Gasteiger partial charge in [-0.1, -0.05) is 13.8 Å². The number of rotatable bonds is 5. The molecule has 1 aliphatic heterocycles. The van der Waals surface area contributed by atoms with Gasteiger partial charge in [-0.3, -0.25) is 4.90 Å². The Morgan fingerprint density at radius 3 is 2.37 bits per heavy atom. The highest BCUT2D eigenvalue weighted by Gasteiger charge is 2.28. The van der Waals surface area contributed by atoms with Gasteiger partial charge in [0.1, 0.15) is 0 Å². The molecule has 0 aromatic carbocycles. The van der Waals surface area contributed by atoms with Crippen molar-refractivity contribution in [1.29, 1.82) is 0 Å². The summed E-state index contributed by atoms with van der Waals surface area (Å²) in [6, 6.07) is 1.40. The second-order valence-electron chi connectivity index (χ2n) is 7.39. The van der Waals surface area contributed by atoms with Crippen LogP contribution >= 0.6 is 0 Å². The molecule has 1 rings (SSSR count). The van der Waals surface area contributed by atoms with Crippen LogP contribution in [-0.4, -0.2) is 60.6 Å². The topological polar surface area (TPSA) is 18.5 Å². The number of likely N-dealkylation sites (N-methyl/N-ethyl adjacent to an activating group) is 1. The van der Waals surface area contributed by atoms with Crippen LogP contribution in [-0.2, 0) is 0 Å². The zero-order valence-electron chi connectivity index (χ0n) is 14.2.